The highest BCUT2D eigenvalue weighted by molar-refractivity contribution is 6.38. The van der Waals surface area contributed by atoms with E-state index in [9.17, 15) is 22.4 Å². The van der Waals surface area contributed by atoms with Crippen LogP contribution in [0.3, 0.4) is 0 Å². The number of aromatic nitrogens is 2. The summed E-state index contributed by atoms with van der Waals surface area (Å²) in [7, 11) is 1.21. The lowest BCUT2D eigenvalue weighted by molar-refractivity contribution is -0.138. The van der Waals surface area contributed by atoms with Gasteiger partial charge in [-0.1, -0.05) is 23.2 Å². The van der Waals surface area contributed by atoms with Gasteiger partial charge in [-0.2, -0.15) is 23.0 Å². The van der Waals surface area contributed by atoms with Gasteiger partial charge in [-0.05, 0) is 6.07 Å². The van der Waals surface area contributed by atoms with Crippen molar-refractivity contribution in [2.45, 2.75) is 6.18 Å². The van der Waals surface area contributed by atoms with Gasteiger partial charge >= 0.3 is 6.18 Å². The SMILES string of the molecule is COc1c(Cl)cc(F)c(-n2ncc(C(F)(F)F)cc2=O)c1Cl. The number of rotatable bonds is 2. The summed E-state index contributed by atoms with van der Waals surface area (Å²) < 4.78 is 56.8. The monoisotopic (exact) mass is 356 g/mol. The Morgan fingerprint density at radius 2 is 1.91 bits per heavy atom. The highest BCUT2D eigenvalue weighted by Crippen LogP contribution is 2.38. The van der Waals surface area contributed by atoms with Crippen molar-refractivity contribution in [3.8, 4) is 11.4 Å². The van der Waals surface area contributed by atoms with Gasteiger partial charge in [0, 0.05) is 6.07 Å². The van der Waals surface area contributed by atoms with E-state index in [-0.39, 0.29) is 21.9 Å². The smallest absolute Gasteiger partial charge is 0.418 e. The molecule has 4 nitrogen and oxygen atoms in total. The van der Waals surface area contributed by atoms with Crippen LogP contribution in [-0.4, -0.2) is 16.9 Å². The van der Waals surface area contributed by atoms with Gasteiger partial charge in [0.1, 0.15) is 10.7 Å². The Kier molecular flexibility index (Phi) is 4.35. The Labute approximate surface area is 130 Å². The number of hydrogen-bond acceptors (Lipinski definition) is 3. The number of nitrogens with zero attached hydrogens (tertiary/aromatic N) is 2. The van der Waals surface area contributed by atoms with E-state index >= 15 is 0 Å². The van der Waals surface area contributed by atoms with E-state index in [0.29, 0.717) is 10.9 Å². The minimum absolute atomic E-state index is 0.131. The minimum atomic E-state index is -4.74. The van der Waals surface area contributed by atoms with Crippen LogP contribution in [0.2, 0.25) is 10.0 Å². The zero-order valence-electron chi connectivity index (χ0n) is 10.7. The molecule has 1 aromatic heterocycles. The molecule has 0 radical (unpaired) electrons. The molecule has 2 rings (SSSR count). The maximum atomic E-state index is 14.0. The second-order valence-electron chi connectivity index (χ2n) is 4.03. The summed E-state index contributed by atoms with van der Waals surface area (Å²) in [5.41, 5.74) is -3.02. The Hall–Kier alpha value is -1.80. The topological polar surface area (TPSA) is 44.1 Å². The van der Waals surface area contributed by atoms with Crippen molar-refractivity contribution >= 4 is 23.2 Å². The van der Waals surface area contributed by atoms with Crippen molar-refractivity contribution in [2.75, 3.05) is 7.11 Å². The van der Waals surface area contributed by atoms with Crippen LogP contribution in [-0.2, 0) is 6.18 Å². The van der Waals surface area contributed by atoms with Crippen molar-refractivity contribution in [3.05, 3.63) is 50.1 Å². The average Bonchev–Trinajstić information content (AvgIpc) is 2.39. The summed E-state index contributed by atoms with van der Waals surface area (Å²) >= 11 is 11.6. The molecule has 0 unspecified atom stereocenters. The van der Waals surface area contributed by atoms with Gasteiger partial charge in [-0.15, -0.1) is 0 Å². The van der Waals surface area contributed by atoms with Crippen LogP contribution in [0.5, 0.6) is 5.75 Å². The van der Waals surface area contributed by atoms with Gasteiger partial charge in [0.2, 0.25) is 0 Å². The minimum Gasteiger partial charge on any atom is -0.494 e. The number of benzene rings is 1. The molecule has 0 saturated carbocycles. The number of hydrogen-bond donors (Lipinski definition) is 0. The van der Waals surface area contributed by atoms with Crippen LogP contribution < -0.4 is 10.3 Å². The van der Waals surface area contributed by atoms with E-state index in [2.05, 4.69) is 5.10 Å². The number of alkyl halides is 3. The summed E-state index contributed by atoms with van der Waals surface area (Å²) in [6, 6.07) is 1.09. The zero-order valence-corrected chi connectivity index (χ0v) is 12.2. The maximum Gasteiger partial charge on any atom is 0.418 e. The van der Waals surface area contributed by atoms with Crippen molar-refractivity contribution in [3.63, 3.8) is 0 Å². The van der Waals surface area contributed by atoms with Crippen LogP contribution in [0, 0.1) is 5.82 Å². The summed E-state index contributed by atoms with van der Waals surface area (Å²) in [6.45, 7) is 0. The fourth-order valence-electron chi connectivity index (χ4n) is 1.67. The van der Waals surface area contributed by atoms with E-state index < -0.39 is 28.8 Å². The van der Waals surface area contributed by atoms with E-state index in [1.165, 1.54) is 7.11 Å². The van der Waals surface area contributed by atoms with E-state index in [0.717, 1.165) is 6.07 Å². The fourth-order valence-corrected chi connectivity index (χ4v) is 2.34. The summed E-state index contributed by atoms with van der Waals surface area (Å²) in [6.07, 6.45) is -4.36. The molecule has 0 N–H and O–H groups in total. The Balaban J connectivity index is 2.71. The first-order valence-electron chi connectivity index (χ1n) is 5.55. The predicted molar refractivity (Wildman–Crippen MR) is 71.4 cm³/mol. The fraction of sp³-hybridized carbons (Fsp3) is 0.167. The highest BCUT2D eigenvalue weighted by Gasteiger charge is 2.32. The molecule has 118 valence electrons. The lowest BCUT2D eigenvalue weighted by atomic mass is 10.2. The van der Waals surface area contributed by atoms with Gasteiger partial charge in [0.25, 0.3) is 5.56 Å². The Bertz CT molecular complexity index is 790. The first kappa shape index (κ1) is 16.6. The molecule has 0 spiro atoms. The molecule has 1 heterocycles. The lowest BCUT2D eigenvalue weighted by Gasteiger charge is -2.13. The van der Waals surface area contributed by atoms with Crippen LogP contribution in [0.4, 0.5) is 17.6 Å². The molecule has 0 amide bonds. The predicted octanol–water partition coefficient (Wildman–Crippen LogP) is 3.71. The van der Waals surface area contributed by atoms with E-state index in [1.54, 1.807) is 0 Å². The Morgan fingerprint density at radius 1 is 1.27 bits per heavy atom. The molecule has 2 aromatic rings. The molecule has 0 fully saturated rings. The molecule has 1 aromatic carbocycles. The van der Waals surface area contributed by atoms with Gasteiger partial charge in [-0.25, -0.2) is 4.39 Å². The first-order valence-corrected chi connectivity index (χ1v) is 6.31. The highest BCUT2D eigenvalue weighted by atomic mass is 35.5. The average molecular weight is 357 g/mol. The summed E-state index contributed by atoms with van der Waals surface area (Å²) in [5, 5.41) is 2.76. The van der Waals surface area contributed by atoms with Gasteiger partial charge < -0.3 is 4.74 Å². The van der Waals surface area contributed by atoms with Crippen molar-refractivity contribution < 1.29 is 22.3 Å². The molecule has 10 heteroatoms. The van der Waals surface area contributed by atoms with Crippen LogP contribution in [0.25, 0.3) is 5.69 Å². The van der Waals surface area contributed by atoms with Crippen molar-refractivity contribution in [1.29, 1.82) is 0 Å². The summed E-state index contributed by atoms with van der Waals surface area (Å²) in [5.74, 6) is -1.17. The van der Waals surface area contributed by atoms with Crippen LogP contribution in [0.15, 0.2) is 23.1 Å². The quantitative estimate of drug-likeness (QED) is 0.770. The zero-order chi connectivity index (χ0) is 16.7. The third-order valence-corrected chi connectivity index (χ3v) is 3.28. The largest absolute Gasteiger partial charge is 0.494 e. The number of ether oxygens (including phenoxy) is 1. The summed E-state index contributed by atoms with van der Waals surface area (Å²) in [4.78, 5) is 11.8. The second kappa shape index (κ2) is 5.77. The standard InChI is InChI=1S/C12H6Cl2F4N2O2/c1-22-11-6(13)3-7(15)10(9(11)14)20-8(21)2-5(4-19-20)12(16,17)18/h2-4H,1H3. The molecule has 0 aliphatic carbocycles. The molecular formula is C12H6Cl2F4N2O2. The van der Waals surface area contributed by atoms with Crippen molar-refractivity contribution in [2.24, 2.45) is 0 Å². The van der Waals surface area contributed by atoms with E-state index in [1.807, 2.05) is 0 Å². The lowest BCUT2D eigenvalue weighted by Crippen LogP contribution is -2.24. The molecule has 0 aliphatic rings. The molecule has 0 atom stereocenters. The maximum absolute atomic E-state index is 14.0. The van der Waals surface area contributed by atoms with Crippen molar-refractivity contribution in [1.82, 2.24) is 9.78 Å². The van der Waals surface area contributed by atoms with Gasteiger partial charge in [-0.3, -0.25) is 4.79 Å². The number of methoxy groups -OCH3 is 1. The second-order valence-corrected chi connectivity index (χ2v) is 4.81. The third-order valence-electron chi connectivity index (χ3n) is 2.65. The molecule has 0 bridgehead atoms. The molecular weight excluding hydrogens is 351 g/mol. The van der Waals surface area contributed by atoms with Crippen LogP contribution in [0.1, 0.15) is 5.56 Å². The molecule has 0 saturated heterocycles. The van der Waals surface area contributed by atoms with Gasteiger partial charge in [0.15, 0.2) is 11.6 Å². The normalized spacial score (nSPS) is 11.6. The Morgan fingerprint density at radius 3 is 2.41 bits per heavy atom. The van der Waals surface area contributed by atoms with E-state index in [4.69, 9.17) is 27.9 Å². The molecule has 22 heavy (non-hydrogen) atoms. The number of halogens is 6. The van der Waals surface area contributed by atoms with Crippen LogP contribution >= 0.6 is 23.2 Å². The first-order chi connectivity index (χ1) is 10.2. The van der Waals surface area contributed by atoms with Gasteiger partial charge in [0.05, 0.1) is 23.9 Å². The molecule has 0 aliphatic heterocycles. The third kappa shape index (κ3) is 2.89.